The van der Waals surface area contributed by atoms with Crippen LogP contribution in [0.5, 0.6) is 5.75 Å². The maximum Gasteiger partial charge on any atom is 0.259 e. The Balaban J connectivity index is 0.000000143. The van der Waals surface area contributed by atoms with Gasteiger partial charge < -0.3 is 44.8 Å². The van der Waals surface area contributed by atoms with Crippen LogP contribution >= 0.6 is 0 Å². The largest absolute Gasteiger partial charge is 0.497 e. The molecule has 0 unspecified atom stereocenters. The number of nitriles is 1. The number of anilines is 4. The molecule has 3 aromatic heterocycles. The number of fused-ring (bicyclic) bond motifs is 6. The third-order valence-electron chi connectivity index (χ3n) is 29.1. The SMILES string of the molecule is CC(C)(C)c1cccc(C(=O)Cc2cccc(C#N)c2)c1.CC(C)(C)c1cccc2c1CC(=O)N(C1CCCC1)C2.CN1Cc2cccc(C(C)(C)C)c2CC1=O.CNC(=O)[C@@H]1CCN(c2cc3cccc(C(C)(C)C)c3cn2)C1.CNC(=O)[C@H]1CCN(c2cc3cccc(C(C)(C)C)c3cn2)C1.COc1ccc(N2Cc3cccc(C(C)(C)C)c3C2=O)cc1.Cn1cc(N2CCc3c(cccc3C(C)(C)C)C2=O)cn1. The number of Topliss-reactive ketones (excluding diaryl/α,β-unsaturated/α-hetero) is 1. The number of aromatic nitrogens is 4. The van der Waals surface area contributed by atoms with Crippen molar-refractivity contribution in [3.05, 3.63) is 319 Å². The number of nitrogens with zero attached hydrogens (tertiary/aromatic N) is 11. The van der Waals surface area contributed by atoms with Gasteiger partial charge in [0.2, 0.25) is 23.6 Å². The van der Waals surface area contributed by atoms with Gasteiger partial charge in [0.1, 0.15) is 17.4 Å². The maximum absolute atomic E-state index is 12.9. The van der Waals surface area contributed by atoms with Crippen LogP contribution in [0.15, 0.2) is 219 Å². The monoisotopic (exact) mass is 1970 g/mol. The van der Waals surface area contributed by atoms with E-state index < -0.39 is 0 Å². The van der Waals surface area contributed by atoms with Gasteiger partial charge in [-0.05, 0) is 219 Å². The zero-order valence-corrected chi connectivity index (χ0v) is 91.4. The average Bonchev–Trinajstić information content (AvgIpc) is 1.59. The molecule has 2 saturated heterocycles. The van der Waals surface area contributed by atoms with Crippen LogP contribution in [0.25, 0.3) is 21.5 Å². The number of pyridine rings is 2. The highest BCUT2D eigenvalue weighted by Gasteiger charge is 2.39. The van der Waals surface area contributed by atoms with Crippen molar-refractivity contribution in [2.75, 3.05) is 80.6 Å². The van der Waals surface area contributed by atoms with E-state index in [-0.39, 0.29) is 85.1 Å². The molecule has 146 heavy (non-hydrogen) atoms. The van der Waals surface area contributed by atoms with Crippen LogP contribution in [-0.2, 0) is 109 Å². The number of methoxy groups -OCH3 is 1. The summed E-state index contributed by atoms with van der Waals surface area (Å²) in [7, 11) is 8.78. The van der Waals surface area contributed by atoms with E-state index in [1.165, 1.54) is 103 Å². The van der Waals surface area contributed by atoms with Crippen molar-refractivity contribution in [3.8, 4) is 11.8 Å². The van der Waals surface area contributed by atoms with Gasteiger partial charge in [-0.1, -0.05) is 292 Å². The summed E-state index contributed by atoms with van der Waals surface area (Å²) in [6.45, 7) is 52.2. The molecule has 3 fully saturated rings. The Kier molecular flexibility index (Phi) is 34.2. The summed E-state index contributed by atoms with van der Waals surface area (Å²) >= 11 is 0. The lowest BCUT2D eigenvalue weighted by Gasteiger charge is -2.36. The Bertz CT molecular complexity index is 6660. The van der Waals surface area contributed by atoms with Crippen molar-refractivity contribution in [2.45, 2.75) is 273 Å². The lowest BCUT2D eigenvalue weighted by atomic mass is 9.80. The topological polar surface area (TPSA) is 240 Å². The van der Waals surface area contributed by atoms with Gasteiger partial charge in [-0.3, -0.25) is 38.2 Å². The molecule has 21 nitrogen and oxygen atoms in total. The molecular formula is C125H155N13O8. The van der Waals surface area contributed by atoms with E-state index in [9.17, 15) is 33.6 Å². The number of amides is 6. The number of hydrogen-bond acceptors (Lipinski definition) is 14. The van der Waals surface area contributed by atoms with Crippen LogP contribution in [0.2, 0.25) is 0 Å². The molecule has 2 N–H and O–H groups in total. The van der Waals surface area contributed by atoms with Crippen LogP contribution in [0.4, 0.5) is 23.0 Å². The molecule has 0 spiro atoms. The van der Waals surface area contributed by atoms with Gasteiger partial charge in [0.25, 0.3) is 11.8 Å². The number of carbonyl (C=O) groups excluding carboxylic acids is 7. The molecule has 12 aromatic rings. The fourth-order valence-corrected chi connectivity index (χ4v) is 21.0. The second-order valence-corrected chi connectivity index (χ2v) is 47.3. The number of likely N-dealkylation sites (N-methyl/N-ethyl adjacent to an activating group) is 1. The lowest BCUT2D eigenvalue weighted by molar-refractivity contribution is -0.134. The number of ether oxygens (including phenoxy) is 1. The van der Waals surface area contributed by atoms with Gasteiger partial charge in [0.15, 0.2) is 5.78 Å². The second-order valence-electron chi connectivity index (χ2n) is 47.3. The smallest absolute Gasteiger partial charge is 0.259 e. The Morgan fingerprint density at radius 2 is 0.925 bits per heavy atom. The molecule has 9 heterocycles. The van der Waals surface area contributed by atoms with E-state index in [2.05, 4.69) is 289 Å². The molecule has 0 bridgehead atoms. The normalized spacial score (nSPS) is 16.3. The van der Waals surface area contributed by atoms with Crippen molar-refractivity contribution < 1.29 is 38.3 Å². The number of rotatable bonds is 11. The summed E-state index contributed by atoms with van der Waals surface area (Å²) in [6.07, 6.45) is 16.7. The van der Waals surface area contributed by atoms with Gasteiger partial charge in [-0.25, -0.2) is 9.97 Å². The predicted molar refractivity (Wildman–Crippen MR) is 593 cm³/mol. The summed E-state index contributed by atoms with van der Waals surface area (Å²) in [5.41, 5.74) is 22.5. The summed E-state index contributed by atoms with van der Waals surface area (Å²) in [5.74, 6) is 3.93. The van der Waals surface area contributed by atoms with Crippen molar-refractivity contribution in [1.82, 2.24) is 40.2 Å². The van der Waals surface area contributed by atoms with Crippen molar-refractivity contribution in [2.24, 2.45) is 18.9 Å². The van der Waals surface area contributed by atoms with Crippen molar-refractivity contribution in [1.29, 1.82) is 5.26 Å². The van der Waals surface area contributed by atoms with Crippen molar-refractivity contribution >= 4 is 85.8 Å². The summed E-state index contributed by atoms with van der Waals surface area (Å²) in [4.78, 5) is 107. The van der Waals surface area contributed by atoms with Gasteiger partial charge in [-0.15, -0.1) is 0 Å². The van der Waals surface area contributed by atoms with Crippen LogP contribution in [0, 0.1) is 23.2 Å². The maximum atomic E-state index is 12.9. The molecule has 19 rings (SSSR count). The number of nitrogens with one attached hydrogen (secondary N) is 2. The average molecular weight is 1970 g/mol. The number of carbonyl (C=O) groups is 7. The van der Waals surface area contributed by atoms with Crippen LogP contribution in [0.1, 0.15) is 298 Å². The third kappa shape index (κ3) is 26.4. The zero-order valence-electron chi connectivity index (χ0n) is 91.4. The highest BCUT2D eigenvalue weighted by Crippen LogP contribution is 2.42. The first-order valence-electron chi connectivity index (χ1n) is 52.0. The second kappa shape index (κ2) is 45.6. The van der Waals surface area contributed by atoms with Gasteiger partial charge >= 0.3 is 0 Å². The van der Waals surface area contributed by atoms with Gasteiger partial charge in [0, 0.05) is 138 Å². The Morgan fingerprint density at radius 3 is 1.42 bits per heavy atom. The first-order valence-corrected chi connectivity index (χ1v) is 52.0. The minimum atomic E-state index is -0.0447. The van der Waals surface area contributed by atoms with Crippen LogP contribution < -0.4 is 35.0 Å². The van der Waals surface area contributed by atoms with Crippen LogP contribution in [0.3, 0.4) is 0 Å². The highest BCUT2D eigenvalue weighted by atomic mass is 16.5. The molecule has 6 amide bonds. The molecule has 1 aliphatic carbocycles. The Labute approximate surface area is 867 Å². The minimum Gasteiger partial charge on any atom is -0.497 e. The summed E-state index contributed by atoms with van der Waals surface area (Å²) in [5, 5.41) is 23.4. The lowest BCUT2D eigenvalue weighted by Crippen LogP contribution is -2.43. The fraction of sp³-hybridized carbons (Fsp3) is 0.432. The van der Waals surface area contributed by atoms with E-state index in [4.69, 9.17) is 10.00 Å². The minimum absolute atomic E-state index is 0.0248. The first kappa shape index (κ1) is 110. The Morgan fingerprint density at radius 1 is 0.452 bits per heavy atom. The van der Waals surface area contributed by atoms with E-state index in [1.807, 2.05) is 127 Å². The first-order chi connectivity index (χ1) is 68.8. The van der Waals surface area contributed by atoms with E-state index >= 15 is 0 Å². The van der Waals surface area contributed by atoms with E-state index in [0.717, 1.165) is 126 Å². The molecule has 0 radical (unpaired) electrons. The quantitative estimate of drug-likeness (QED) is 0.115. The number of benzene rings is 9. The van der Waals surface area contributed by atoms with E-state index in [1.54, 1.807) is 49.1 Å². The molecule has 768 valence electrons. The molecule has 7 aliphatic rings. The van der Waals surface area contributed by atoms with Crippen molar-refractivity contribution in [3.63, 3.8) is 0 Å². The number of ketones is 1. The predicted octanol–water partition coefficient (Wildman–Crippen LogP) is 23.9. The molecule has 2 atom stereocenters. The van der Waals surface area contributed by atoms with Gasteiger partial charge in [-0.2, -0.15) is 10.4 Å². The molecule has 1 saturated carbocycles. The molecule has 21 heteroatoms. The third-order valence-corrected chi connectivity index (χ3v) is 29.1. The molecule has 9 aromatic carbocycles. The number of hydrogen-bond donors (Lipinski definition) is 2. The standard InChI is InChI=1S/2C19H25N3O.C19H21NO2.C19H19NO.C18H25NO.C17H21N3O.C14H19NO/c2*1-19(2,3)16-7-5-6-13-10-17(21-11-15(13)16)22-9-8-14(12-22)18(23)20-4;1-19(2,3)16-7-5-6-13-12-20(18(21)17(13)16)14-8-10-15(22-4)11-9-14;1-19(2,3)17-9-5-8-16(12-17)18(21)11-14-6-4-7-15(10-14)13-20;1-18(2,3)16-10-6-7-13-12-19(14-8-4-5-9-14)17(20)11-15(13)16;1-17(2,3)15-7-5-6-14-13(15)8-9-20(16(14)21)12-10-18-19(4)11-12;1-14(2,3)12-7-5-6-10-9-15(4)13(16)8-11(10)12/h2*5-7,10-11,14H,8-9,12H2,1-4H3,(H,20,23);5-11H,12H2,1-4H3;4-10,12H,11H2,1-3H3;6-7,10,14H,4-5,8-9,11-12H2,1-3H3;5-7,10-11H,8-9H2,1-4H3;5-7H,8-9H2,1-4H3/t2*14-;;;;;/m10...../s1. The molecule has 6 aliphatic heterocycles. The van der Waals surface area contributed by atoms with Gasteiger partial charge in [0.05, 0.1) is 61.8 Å². The van der Waals surface area contributed by atoms with E-state index in [0.29, 0.717) is 49.9 Å². The Hall–Kier alpha value is -13.6. The van der Waals surface area contributed by atoms with Crippen LogP contribution in [-0.4, -0.2) is 138 Å². The summed E-state index contributed by atoms with van der Waals surface area (Å²) < 4.78 is 6.91. The number of aryl methyl sites for hydroxylation is 1. The molecular weight excluding hydrogens is 1810 g/mol. The fourth-order valence-electron chi connectivity index (χ4n) is 21.0. The summed E-state index contributed by atoms with van der Waals surface area (Å²) in [6, 6.07) is 67.6. The zero-order chi connectivity index (χ0) is 106. The highest BCUT2D eigenvalue weighted by molar-refractivity contribution is 6.11.